The third-order valence-corrected chi connectivity index (χ3v) is 2.04. The molecular formula is C12H14O4. The van der Waals surface area contributed by atoms with Crippen LogP contribution in [0.5, 0.6) is 5.75 Å². The third kappa shape index (κ3) is 3.10. The molecule has 4 nitrogen and oxygen atoms in total. The molecule has 4 heteroatoms. The van der Waals surface area contributed by atoms with Gasteiger partial charge in [-0.05, 0) is 12.1 Å². The Morgan fingerprint density at radius 3 is 2.44 bits per heavy atom. The quantitative estimate of drug-likeness (QED) is 0.353. The van der Waals surface area contributed by atoms with Gasteiger partial charge in [-0.2, -0.15) is 0 Å². The minimum absolute atomic E-state index is 0.105. The van der Waals surface area contributed by atoms with Gasteiger partial charge in [-0.1, -0.05) is 25.1 Å². The van der Waals surface area contributed by atoms with Crippen molar-refractivity contribution < 1.29 is 19.7 Å². The van der Waals surface area contributed by atoms with Gasteiger partial charge in [0.15, 0.2) is 0 Å². The summed E-state index contributed by atoms with van der Waals surface area (Å²) in [7, 11) is 0. The first-order valence-corrected chi connectivity index (χ1v) is 4.98. The van der Waals surface area contributed by atoms with Crippen molar-refractivity contribution in [2.45, 2.75) is 13.3 Å². The van der Waals surface area contributed by atoms with Gasteiger partial charge < -0.3 is 14.9 Å². The minimum Gasteiger partial charge on any atom is -0.512 e. The second kappa shape index (κ2) is 5.92. The number of para-hydroxylation sites is 1. The first-order valence-electron chi connectivity index (χ1n) is 4.98. The van der Waals surface area contributed by atoms with Crippen molar-refractivity contribution in [1.82, 2.24) is 0 Å². The standard InChI is InChI=1S/C12H14O4/c1-2-11(14)10(8-13)12(15)16-9-6-4-3-5-7-9/h3-7,13-14H,2,8H2,1H3. The molecule has 0 amide bonds. The van der Waals surface area contributed by atoms with Crippen LogP contribution in [0.15, 0.2) is 41.7 Å². The van der Waals surface area contributed by atoms with Crippen molar-refractivity contribution >= 4 is 5.97 Å². The normalized spacial score (nSPS) is 11.9. The highest BCUT2D eigenvalue weighted by molar-refractivity contribution is 5.90. The molecule has 0 aliphatic carbocycles. The van der Waals surface area contributed by atoms with Crippen molar-refractivity contribution in [1.29, 1.82) is 0 Å². The average Bonchev–Trinajstić information content (AvgIpc) is 2.31. The number of aliphatic hydroxyl groups excluding tert-OH is 2. The van der Waals surface area contributed by atoms with E-state index in [-0.39, 0.29) is 17.8 Å². The Kier molecular flexibility index (Phi) is 4.54. The van der Waals surface area contributed by atoms with Gasteiger partial charge in [0.25, 0.3) is 0 Å². The molecule has 0 fully saturated rings. The number of hydrogen-bond donors (Lipinski definition) is 2. The fourth-order valence-electron chi connectivity index (χ4n) is 1.14. The summed E-state index contributed by atoms with van der Waals surface area (Å²) >= 11 is 0. The molecule has 2 N–H and O–H groups in total. The maximum absolute atomic E-state index is 11.5. The highest BCUT2D eigenvalue weighted by Crippen LogP contribution is 2.13. The fourth-order valence-corrected chi connectivity index (χ4v) is 1.14. The zero-order chi connectivity index (χ0) is 12.0. The van der Waals surface area contributed by atoms with Crippen LogP contribution >= 0.6 is 0 Å². The van der Waals surface area contributed by atoms with Crippen molar-refractivity contribution in [3.8, 4) is 5.75 Å². The van der Waals surface area contributed by atoms with Gasteiger partial charge >= 0.3 is 5.97 Å². The molecule has 1 aromatic rings. The van der Waals surface area contributed by atoms with Gasteiger partial charge in [0.1, 0.15) is 17.1 Å². The summed E-state index contributed by atoms with van der Waals surface area (Å²) < 4.78 is 4.97. The Morgan fingerprint density at radius 1 is 1.31 bits per heavy atom. The zero-order valence-electron chi connectivity index (χ0n) is 9.01. The van der Waals surface area contributed by atoms with Crippen molar-refractivity contribution in [3.63, 3.8) is 0 Å². The van der Waals surface area contributed by atoms with Gasteiger partial charge in [0, 0.05) is 6.42 Å². The van der Waals surface area contributed by atoms with Crippen LogP contribution in [0.2, 0.25) is 0 Å². The largest absolute Gasteiger partial charge is 0.512 e. The van der Waals surface area contributed by atoms with Gasteiger partial charge in [0.05, 0.1) is 6.61 Å². The molecule has 0 spiro atoms. The lowest BCUT2D eigenvalue weighted by atomic mass is 10.2. The maximum atomic E-state index is 11.5. The molecule has 1 rings (SSSR count). The van der Waals surface area contributed by atoms with E-state index in [9.17, 15) is 9.90 Å². The van der Waals surface area contributed by atoms with Crippen LogP contribution in [-0.2, 0) is 4.79 Å². The van der Waals surface area contributed by atoms with Crippen molar-refractivity contribution in [2.24, 2.45) is 0 Å². The second-order valence-corrected chi connectivity index (χ2v) is 3.14. The van der Waals surface area contributed by atoms with Gasteiger partial charge in [-0.15, -0.1) is 0 Å². The van der Waals surface area contributed by atoms with Crippen LogP contribution < -0.4 is 4.74 Å². The van der Waals surface area contributed by atoms with Crippen molar-refractivity contribution in [2.75, 3.05) is 6.61 Å². The number of hydrogen-bond acceptors (Lipinski definition) is 4. The van der Waals surface area contributed by atoms with E-state index in [4.69, 9.17) is 9.84 Å². The van der Waals surface area contributed by atoms with E-state index < -0.39 is 12.6 Å². The Hall–Kier alpha value is -1.81. The lowest BCUT2D eigenvalue weighted by Gasteiger charge is -2.07. The number of benzene rings is 1. The van der Waals surface area contributed by atoms with Crippen LogP contribution in [0.25, 0.3) is 0 Å². The molecule has 0 unspecified atom stereocenters. The highest BCUT2D eigenvalue weighted by Gasteiger charge is 2.15. The van der Waals surface area contributed by atoms with E-state index in [0.29, 0.717) is 5.75 Å². The Balaban J connectivity index is 2.79. The van der Waals surface area contributed by atoms with Crippen LogP contribution in [-0.4, -0.2) is 22.8 Å². The number of allylic oxidation sites excluding steroid dienone is 1. The number of ether oxygens (including phenoxy) is 1. The first-order chi connectivity index (χ1) is 7.69. The van der Waals surface area contributed by atoms with E-state index >= 15 is 0 Å². The summed E-state index contributed by atoms with van der Waals surface area (Å²) in [4.78, 5) is 11.5. The molecule has 0 atom stereocenters. The molecule has 1 aromatic carbocycles. The van der Waals surface area contributed by atoms with Gasteiger partial charge in [-0.25, -0.2) is 4.79 Å². The molecule has 0 heterocycles. The monoisotopic (exact) mass is 222 g/mol. The molecule has 0 aromatic heterocycles. The van der Waals surface area contributed by atoms with Gasteiger partial charge in [-0.3, -0.25) is 0 Å². The van der Waals surface area contributed by atoms with E-state index in [1.807, 2.05) is 0 Å². The molecule has 0 saturated heterocycles. The van der Waals surface area contributed by atoms with Crippen LogP contribution in [0.3, 0.4) is 0 Å². The van der Waals surface area contributed by atoms with E-state index in [0.717, 1.165) is 0 Å². The predicted molar refractivity (Wildman–Crippen MR) is 59.1 cm³/mol. The summed E-state index contributed by atoms with van der Waals surface area (Å²) in [5.41, 5.74) is -0.105. The first kappa shape index (κ1) is 12.3. The minimum atomic E-state index is -0.729. The summed E-state index contributed by atoms with van der Waals surface area (Å²) in [5.74, 6) is -0.501. The van der Waals surface area contributed by atoms with Gasteiger partial charge in [0.2, 0.25) is 0 Å². The predicted octanol–water partition coefficient (Wildman–Crippen LogP) is 1.81. The summed E-state index contributed by atoms with van der Waals surface area (Å²) in [6.07, 6.45) is 0.278. The van der Waals surface area contributed by atoms with E-state index in [2.05, 4.69) is 0 Å². The molecule has 16 heavy (non-hydrogen) atoms. The van der Waals surface area contributed by atoms with E-state index in [1.165, 1.54) is 0 Å². The maximum Gasteiger partial charge on any atom is 0.345 e. The SMILES string of the molecule is CCC(O)=C(CO)C(=O)Oc1ccccc1. The zero-order valence-corrected chi connectivity index (χ0v) is 9.01. The topological polar surface area (TPSA) is 66.8 Å². The van der Waals surface area contributed by atoms with E-state index in [1.54, 1.807) is 37.3 Å². The number of esters is 1. The summed E-state index contributed by atoms with van der Waals surface area (Å²) in [5, 5.41) is 18.3. The number of carbonyl (C=O) groups is 1. The van der Waals surface area contributed by atoms with Crippen LogP contribution in [0, 0.1) is 0 Å². The Morgan fingerprint density at radius 2 is 1.94 bits per heavy atom. The molecule has 86 valence electrons. The summed E-state index contributed by atoms with van der Waals surface area (Å²) in [6.45, 7) is 1.14. The smallest absolute Gasteiger partial charge is 0.345 e. The second-order valence-electron chi connectivity index (χ2n) is 3.14. The average molecular weight is 222 g/mol. The van der Waals surface area contributed by atoms with Crippen molar-refractivity contribution in [3.05, 3.63) is 41.7 Å². The highest BCUT2D eigenvalue weighted by atomic mass is 16.5. The van der Waals surface area contributed by atoms with Crippen LogP contribution in [0.4, 0.5) is 0 Å². The molecule has 0 aliphatic heterocycles. The lowest BCUT2D eigenvalue weighted by molar-refractivity contribution is -0.130. The fraction of sp³-hybridized carbons (Fsp3) is 0.250. The van der Waals surface area contributed by atoms with Crippen LogP contribution in [0.1, 0.15) is 13.3 Å². The third-order valence-electron chi connectivity index (χ3n) is 2.04. The molecule has 0 saturated carbocycles. The molecule has 0 bridgehead atoms. The molecule has 0 radical (unpaired) electrons. The Bertz CT molecular complexity index is 381. The number of carbonyl (C=O) groups excluding carboxylic acids is 1. The molecular weight excluding hydrogens is 208 g/mol. The Labute approximate surface area is 93.8 Å². The number of rotatable bonds is 4. The number of aliphatic hydroxyl groups is 2. The lowest BCUT2D eigenvalue weighted by Crippen LogP contribution is -2.16. The molecule has 0 aliphatic rings. The summed E-state index contributed by atoms with van der Waals surface area (Å²) in [6, 6.07) is 8.49.